The van der Waals surface area contributed by atoms with E-state index in [-0.39, 0.29) is 17.8 Å². The molecule has 1 unspecified atom stereocenters. The summed E-state index contributed by atoms with van der Waals surface area (Å²) in [5, 5.41) is 18.5. The molecule has 23 heavy (non-hydrogen) atoms. The number of hydrogen-bond donors (Lipinski definition) is 2. The van der Waals surface area contributed by atoms with Crippen LogP contribution in [0.5, 0.6) is 0 Å². The first kappa shape index (κ1) is 16.7. The largest absolute Gasteiger partial charge is 0.480 e. The molecule has 1 heterocycles. The second kappa shape index (κ2) is 5.83. The molecule has 124 valence electrons. The van der Waals surface area contributed by atoms with Crippen molar-refractivity contribution in [2.24, 2.45) is 5.73 Å². The van der Waals surface area contributed by atoms with E-state index in [1.165, 1.54) is 17.0 Å². The minimum absolute atomic E-state index is 0.0427. The topological polar surface area (TPSA) is 161 Å². The van der Waals surface area contributed by atoms with Gasteiger partial charge < -0.3 is 15.7 Å². The van der Waals surface area contributed by atoms with Crippen molar-refractivity contribution in [1.82, 2.24) is 0 Å². The van der Waals surface area contributed by atoms with E-state index in [1.807, 2.05) is 0 Å². The van der Waals surface area contributed by atoms with Gasteiger partial charge in [0.25, 0.3) is 5.69 Å². The summed E-state index contributed by atoms with van der Waals surface area (Å²) in [4.78, 5) is 34.0. The van der Waals surface area contributed by atoms with Gasteiger partial charge >= 0.3 is 5.97 Å². The molecule has 1 aromatic carbocycles. The van der Waals surface area contributed by atoms with Crippen molar-refractivity contribution in [2.75, 3.05) is 23.7 Å². The summed E-state index contributed by atoms with van der Waals surface area (Å²) in [5.41, 5.74) is 4.61. The number of nitrogens with two attached hydrogens (primary N) is 1. The lowest BCUT2D eigenvalue weighted by molar-refractivity contribution is -0.384. The van der Waals surface area contributed by atoms with Crippen molar-refractivity contribution in [1.29, 1.82) is 0 Å². The minimum atomic E-state index is -3.80. The minimum Gasteiger partial charge on any atom is -0.480 e. The molecule has 0 aromatic heterocycles. The van der Waals surface area contributed by atoms with Crippen LogP contribution in [0.1, 0.15) is 10.4 Å². The fourth-order valence-corrected chi connectivity index (χ4v) is 3.80. The van der Waals surface area contributed by atoms with Crippen molar-refractivity contribution in [3.05, 3.63) is 33.9 Å². The molecule has 1 fully saturated rings. The molecule has 10 nitrogen and oxygen atoms in total. The quantitative estimate of drug-likeness (QED) is 0.540. The van der Waals surface area contributed by atoms with Gasteiger partial charge in [0.05, 0.1) is 10.7 Å². The van der Waals surface area contributed by atoms with Crippen LogP contribution < -0.4 is 10.6 Å². The highest BCUT2D eigenvalue weighted by atomic mass is 32.2. The smallest absolute Gasteiger partial charge is 0.323 e. The fraction of sp³-hybridized carbons (Fsp3) is 0.333. The predicted octanol–water partition coefficient (Wildman–Crippen LogP) is -0.618. The highest BCUT2D eigenvalue weighted by Crippen LogP contribution is 2.31. The molecule has 0 saturated carbocycles. The third-order valence-corrected chi connectivity index (χ3v) is 5.51. The van der Waals surface area contributed by atoms with Gasteiger partial charge in [0.2, 0.25) is 5.91 Å². The maximum Gasteiger partial charge on any atom is 0.323 e. The van der Waals surface area contributed by atoms with Gasteiger partial charge in [0, 0.05) is 24.7 Å². The lowest BCUT2D eigenvalue weighted by Crippen LogP contribution is -2.50. The summed E-state index contributed by atoms with van der Waals surface area (Å²) in [6.45, 7) is -0.489. The molecule has 0 radical (unpaired) electrons. The Labute approximate surface area is 130 Å². The number of primary amides is 1. The van der Waals surface area contributed by atoms with E-state index in [9.17, 15) is 28.1 Å². The number of carbonyl (C=O) groups is 2. The van der Waals surface area contributed by atoms with Gasteiger partial charge in [-0.25, -0.2) is 8.42 Å². The standard InChI is InChI=1S/C12H13N3O7S/c13-11(16)7-1-2-8(9(5-7)15(19)20)14-3-4-23(21,22)10(6-14)12(17)18/h1-2,5,10H,3-4,6H2,(H2,13,16)(H,17,18). The zero-order valence-corrected chi connectivity index (χ0v) is 12.5. The number of amides is 1. The van der Waals surface area contributed by atoms with E-state index in [0.29, 0.717) is 0 Å². The number of nitro groups is 1. The molecule has 1 aromatic rings. The summed E-state index contributed by atoms with van der Waals surface area (Å²) < 4.78 is 23.5. The molecule has 3 N–H and O–H groups in total. The first-order chi connectivity index (χ1) is 10.6. The van der Waals surface area contributed by atoms with Crippen LogP contribution in [0.25, 0.3) is 0 Å². The Morgan fingerprint density at radius 1 is 1.39 bits per heavy atom. The average molecular weight is 343 g/mol. The Morgan fingerprint density at radius 2 is 2.04 bits per heavy atom. The van der Waals surface area contributed by atoms with Crippen molar-refractivity contribution < 1.29 is 28.0 Å². The lowest BCUT2D eigenvalue weighted by atomic mass is 10.1. The molecule has 0 aliphatic carbocycles. The van der Waals surface area contributed by atoms with Crippen molar-refractivity contribution in [3.63, 3.8) is 0 Å². The van der Waals surface area contributed by atoms with Crippen LogP contribution in [0.15, 0.2) is 18.2 Å². The van der Waals surface area contributed by atoms with E-state index in [0.717, 1.165) is 6.07 Å². The summed E-state index contributed by atoms with van der Waals surface area (Å²) in [5.74, 6) is -2.78. The summed E-state index contributed by atoms with van der Waals surface area (Å²) >= 11 is 0. The third kappa shape index (κ3) is 3.23. The number of aliphatic carboxylic acids is 1. The second-order valence-corrected chi connectivity index (χ2v) is 7.27. The highest BCUT2D eigenvalue weighted by Gasteiger charge is 2.39. The van der Waals surface area contributed by atoms with Crippen molar-refractivity contribution >= 4 is 33.1 Å². The van der Waals surface area contributed by atoms with Gasteiger partial charge in [-0.15, -0.1) is 0 Å². The molecule has 1 saturated heterocycles. The van der Waals surface area contributed by atoms with Gasteiger partial charge in [-0.2, -0.15) is 0 Å². The summed E-state index contributed by atoms with van der Waals surface area (Å²) in [6.07, 6.45) is 0. The first-order valence-electron chi connectivity index (χ1n) is 6.41. The van der Waals surface area contributed by atoms with Crippen LogP contribution in [0.4, 0.5) is 11.4 Å². The molecule has 2 rings (SSSR count). The average Bonchev–Trinajstić information content (AvgIpc) is 2.45. The third-order valence-electron chi connectivity index (χ3n) is 3.54. The van der Waals surface area contributed by atoms with E-state index in [1.54, 1.807) is 0 Å². The maximum absolute atomic E-state index is 11.8. The van der Waals surface area contributed by atoms with E-state index < -0.39 is 49.9 Å². The molecular formula is C12H13N3O7S. The van der Waals surface area contributed by atoms with E-state index in [2.05, 4.69) is 0 Å². The fourth-order valence-electron chi connectivity index (χ4n) is 2.33. The molecular weight excluding hydrogens is 330 g/mol. The number of benzene rings is 1. The number of nitro benzene ring substituents is 1. The van der Waals surface area contributed by atoms with Gasteiger partial charge in [0.1, 0.15) is 5.69 Å². The van der Waals surface area contributed by atoms with E-state index >= 15 is 0 Å². The molecule has 1 amide bonds. The molecule has 1 atom stereocenters. The summed E-state index contributed by atoms with van der Waals surface area (Å²) in [7, 11) is -3.80. The monoisotopic (exact) mass is 343 g/mol. The lowest BCUT2D eigenvalue weighted by Gasteiger charge is -2.32. The van der Waals surface area contributed by atoms with Gasteiger partial charge in [0.15, 0.2) is 15.1 Å². The zero-order valence-electron chi connectivity index (χ0n) is 11.7. The Kier molecular flexibility index (Phi) is 4.23. The SMILES string of the molecule is NC(=O)c1ccc(N2CCS(=O)(=O)C(C(=O)O)C2)c([N+](=O)[O-])c1. The Hall–Kier alpha value is -2.69. The van der Waals surface area contributed by atoms with Crippen LogP contribution in [0.3, 0.4) is 0 Å². The number of carboxylic acid groups (broad SMARTS) is 1. The van der Waals surface area contributed by atoms with Gasteiger partial charge in [-0.05, 0) is 12.1 Å². The molecule has 0 bridgehead atoms. The molecule has 11 heteroatoms. The van der Waals surface area contributed by atoms with E-state index in [4.69, 9.17) is 10.8 Å². The van der Waals surface area contributed by atoms with Crippen LogP contribution in [-0.2, 0) is 14.6 Å². The summed E-state index contributed by atoms with van der Waals surface area (Å²) in [6, 6.07) is 3.51. The highest BCUT2D eigenvalue weighted by molar-refractivity contribution is 7.92. The maximum atomic E-state index is 11.8. The van der Waals surface area contributed by atoms with Crippen molar-refractivity contribution in [2.45, 2.75) is 5.25 Å². The number of rotatable bonds is 4. The van der Waals surface area contributed by atoms with Gasteiger partial charge in [-0.3, -0.25) is 19.7 Å². The normalized spacial score (nSPS) is 20.0. The van der Waals surface area contributed by atoms with Crippen LogP contribution in [-0.4, -0.2) is 54.4 Å². The number of sulfone groups is 1. The van der Waals surface area contributed by atoms with Crippen LogP contribution in [0.2, 0.25) is 0 Å². The Morgan fingerprint density at radius 3 is 2.57 bits per heavy atom. The second-order valence-electron chi connectivity index (χ2n) is 4.96. The number of carbonyl (C=O) groups excluding carboxylic acids is 1. The van der Waals surface area contributed by atoms with Crippen LogP contribution in [0, 0.1) is 10.1 Å². The number of hydrogen-bond acceptors (Lipinski definition) is 7. The number of carboxylic acids is 1. The number of nitrogens with zero attached hydrogens (tertiary/aromatic N) is 2. The molecule has 0 spiro atoms. The van der Waals surface area contributed by atoms with Gasteiger partial charge in [-0.1, -0.05) is 0 Å². The Balaban J connectivity index is 2.44. The Bertz CT molecular complexity index is 790. The number of anilines is 1. The zero-order chi connectivity index (χ0) is 17.4. The molecule has 1 aliphatic heterocycles. The van der Waals surface area contributed by atoms with Crippen molar-refractivity contribution in [3.8, 4) is 0 Å². The molecule has 1 aliphatic rings. The first-order valence-corrected chi connectivity index (χ1v) is 8.12. The predicted molar refractivity (Wildman–Crippen MR) is 79.0 cm³/mol. The van der Waals surface area contributed by atoms with Crippen LogP contribution >= 0.6 is 0 Å².